The largest absolute Gasteiger partial charge is 0.457 e. The van der Waals surface area contributed by atoms with Crippen molar-refractivity contribution in [2.24, 2.45) is 0 Å². The molecule has 2 aromatic carbocycles. The minimum Gasteiger partial charge on any atom is -0.457 e. The van der Waals surface area contributed by atoms with Crippen molar-refractivity contribution >= 4 is 11.6 Å². The van der Waals surface area contributed by atoms with E-state index >= 15 is 0 Å². The van der Waals surface area contributed by atoms with E-state index in [0.29, 0.717) is 11.8 Å². The Kier molecular flexibility index (Phi) is 5.08. The van der Waals surface area contributed by atoms with Crippen molar-refractivity contribution in [3.63, 3.8) is 0 Å². The first-order valence-corrected chi connectivity index (χ1v) is 7.61. The number of benzene rings is 2. The van der Waals surface area contributed by atoms with Crippen molar-refractivity contribution in [1.29, 1.82) is 0 Å². The Morgan fingerprint density at radius 3 is 2.50 bits per heavy atom. The molecule has 2 rings (SSSR count). The van der Waals surface area contributed by atoms with Crippen molar-refractivity contribution in [3.8, 4) is 11.5 Å². The first-order valence-electron chi connectivity index (χ1n) is 7.08. The Bertz CT molecular complexity index is 577. The summed E-state index contributed by atoms with van der Waals surface area (Å²) in [6.45, 7) is 6.48. The van der Waals surface area contributed by atoms with Gasteiger partial charge in [-0.1, -0.05) is 44.2 Å². The maximum absolute atomic E-state index is 6.12. The molecule has 0 amide bonds. The van der Waals surface area contributed by atoms with Gasteiger partial charge >= 0.3 is 0 Å². The molecule has 0 heterocycles. The van der Waals surface area contributed by atoms with Crippen molar-refractivity contribution in [2.45, 2.75) is 39.0 Å². The summed E-state index contributed by atoms with van der Waals surface area (Å²) in [6.07, 6.45) is 1.10. The van der Waals surface area contributed by atoms with Gasteiger partial charge in [0.2, 0.25) is 0 Å². The Morgan fingerprint density at radius 1 is 1.10 bits per heavy atom. The molecule has 106 valence electrons. The minimum atomic E-state index is 0.494. The molecule has 0 radical (unpaired) electrons. The number of aryl methyl sites for hydroxylation is 1. The minimum absolute atomic E-state index is 0.494. The molecule has 0 aromatic heterocycles. The zero-order valence-corrected chi connectivity index (χ0v) is 13.1. The third-order valence-electron chi connectivity index (χ3n) is 3.68. The third kappa shape index (κ3) is 3.34. The van der Waals surface area contributed by atoms with Crippen LogP contribution in [0, 0.1) is 6.92 Å². The van der Waals surface area contributed by atoms with E-state index in [1.165, 1.54) is 5.56 Å². The highest BCUT2D eigenvalue weighted by molar-refractivity contribution is 6.17. The Hall–Kier alpha value is -1.47. The molecule has 0 aliphatic carbocycles. The second-order valence-corrected chi connectivity index (χ2v) is 5.45. The molecule has 1 unspecified atom stereocenters. The predicted molar refractivity (Wildman–Crippen MR) is 86.0 cm³/mol. The normalized spacial score (nSPS) is 12.2. The van der Waals surface area contributed by atoms with Crippen LogP contribution in [0.3, 0.4) is 0 Å². The van der Waals surface area contributed by atoms with Gasteiger partial charge in [0.05, 0.1) is 0 Å². The van der Waals surface area contributed by atoms with E-state index in [0.717, 1.165) is 29.0 Å². The van der Waals surface area contributed by atoms with Gasteiger partial charge in [-0.15, -0.1) is 11.6 Å². The van der Waals surface area contributed by atoms with Crippen LogP contribution in [0.2, 0.25) is 0 Å². The SMILES string of the molecule is CCC(C)c1ccccc1Oc1ccc(CCl)cc1C. The first-order chi connectivity index (χ1) is 9.65. The summed E-state index contributed by atoms with van der Waals surface area (Å²) in [7, 11) is 0. The lowest BCUT2D eigenvalue weighted by molar-refractivity contribution is 0.466. The summed E-state index contributed by atoms with van der Waals surface area (Å²) in [5, 5.41) is 0. The van der Waals surface area contributed by atoms with Gasteiger partial charge in [-0.05, 0) is 48.1 Å². The van der Waals surface area contributed by atoms with Gasteiger partial charge < -0.3 is 4.74 Å². The topological polar surface area (TPSA) is 9.23 Å². The average Bonchev–Trinajstić information content (AvgIpc) is 2.49. The fraction of sp³-hybridized carbons (Fsp3) is 0.333. The number of para-hydroxylation sites is 1. The fourth-order valence-corrected chi connectivity index (χ4v) is 2.39. The molecule has 0 spiro atoms. The number of ether oxygens (including phenoxy) is 1. The monoisotopic (exact) mass is 288 g/mol. The van der Waals surface area contributed by atoms with E-state index < -0.39 is 0 Å². The number of hydrogen-bond acceptors (Lipinski definition) is 1. The van der Waals surface area contributed by atoms with Crippen LogP contribution in [0.15, 0.2) is 42.5 Å². The van der Waals surface area contributed by atoms with Crippen LogP contribution in [-0.4, -0.2) is 0 Å². The zero-order chi connectivity index (χ0) is 14.5. The summed E-state index contributed by atoms with van der Waals surface area (Å²) in [4.78, 5) is 0. The van der Waals surface area contributed by atoms with Gasteiger partial charge in [0.25, 0.3) is 0 Å². The highest BCUT2D eigenvalue weighted by Crippen LogP contribution is 2.33. The molecule has 0 fully saturated rings. The molecule has 0 saturated carbocycles. The summed E-state index contributed by atoms with van der Waals surface area (Å²) in [6, 6.07) is 14.4. The molecule has 0 saturated heterocycles. The molecular formula is C18H21ClO. The Labute approximate surface area is 126 Å². The Morgan fingerprint density at radius 2 is 1.85 bits per heavy atom. The number of hydrogen-bond donors (Lipinski definition) is 0. The number of halogens is 1. The van der Waals surface area contributed by atoms with E-state index in [-0.39, 0.29) is 0 Å². The van der Waals surface area contributed by atoms with Crippen LogP contribution in [-0.2, 0) is 5.88 Å². The molecule has 1 nitrogen and oxygen atoms in total. The molecule has 0 aliphatic heterocycles. The Balaban J connectivity index is 2.30. The van der Waals surface area contributed by atoms with E-state index in [2.05, 4.69) is 39.0 Å². The van der Waals surface area contributed by atoms with Crippen LogP contribution in [0.4, 0.5) is 0 Å². The summed E-state index contributed by atoms with van der Waals surface area (Å²) < 4.78 is 6.12. The molecule has 0 aliphatic rings. The third-order valence-corrected chi connectivity index (χ3v) is 3.98. The van der Waals surface area contributed by atoms with Crippen LogP contribution in [0.5, 0.6) is 11.5 Å². The van der Waals surface area contributed by atoms with E-state index in [1.54, 1.807) is 0 Å². The van der Waals surface area contributed by atoms with Crippen molar-refractivity contribution in [1.82, 2.24) is 0 Å². The fourth-order valence-electron chi connectivity index (χ4n) is 2.23. The van der Waals surface area contributed by atoms with Gasteiger partial charge in [0.15, 0.2) is 0 Å². The molecule has 0 N–H and O–H groups in total. The predicted octanol–water partition coefficient (Wildman–Crippen LogP) is 6.04. The van der Waals surface area contributed by atoms with Crippen LogP contribution < -0.4 is 4.74 Å². The highest BCUT2D eigenvalue weighted by atomic mass is 35.5. The lowest BCUT2D eigenvalue weighted by Gasteiger charge is -2.16. The summed E-state index contributed by atoms with van der Waals surface area (Å²) in [5.74, 6) is 2.87. The molecule has 0 bridgehead atoms. The molecule has 20 heavy (non-hydrogen) atoms. The van der Waals surface area contributed by atoms with Crippen molar-refractivity contribution in [3.05, 3.63) is 59.2 Å². The van der Waals surface area contributed by atoms with Gasteiger partial charge in [0.1, 0.15) is 11.5 Å². The molecule has 1 atom stereocenters. The zero-order valence-electron chi connectivity index (χ0n) is 12.3. The first kappa shape index (κ1) is 14.9. The smallest absolute Gasteiger partial charge is 0.130 e. The maximum Gasteiger partial charge on any atom is 0.130 e. The summed E-state index contributed by atoms with van der Waals surface area (Å²) in [5.41, 5.74) is 3.49. The van der Waals surface area contributed by atoms with Gasteiger partial charge in [0, 0.05) is 5.88 Å². The second kappa shape index (κ2) is 6.81. The number of alkyl halides is 1. The van der Waals surface area contributed by atoms with Crippen LogP contribution >= 0.6 is 11.6 Å². The quantitative estimate of drug-likeness (QED) is 0.609. The maximum atomic E-state index is 6.12. The number of rotatable bonds is 5. The van der Waals surface area contributed by atoms with Gasteiger partial charge in [-0.2, -0.15) is 0 Å². The molecule has 2 aromatic rings. The van der Waals surface area contributed by atoms with E-state index in [4.69, 9.17) is 16.3 Å². The second-order valence-electron chi connectivity index (χ2n) is 5.18. The van der Waals surface area contributed by atoms with Crippen LogP contribution in [0.25, 0.3) is 0 Å². The van der Waals surface area contributed by atoms with Crippen molar-refractivity contribution in [2.75, 3.05) is 0 Å². The van der Waals surface area contributed by atoms with E-state index in [9.17, 15) is 0 Å². The molecule has 2 heteroatoms. The van der Waals surface area contributed by atoms with Crippen molar-refractivity contribution < 1.29 is 4.74 Å². The van der Waals surface area contributed by atoms with E-state index in [1.807, 2.05) is 24.3 Å². The lowest BCUT2D eigenvalue weighted by atomic mass is 9.98. The van der Waals surface area contributed by atoms with Gasteiger partial charge in [-0.25, -0.2) is 0 Å². The van der Waals surface area contributed by atoms with Crippen LogP contribution in [0.1, 0.15) is 42.9 Å². The highest BCUT2D eigenvalue weighted by Gasteiger charge is 2.11. The lowest BCUT2D eigenvalue weighted by Crippen LogP contribution is -1.97. The van der Waals surface area contributed by atoms with Gasteiger partial charge in [-0.3, -0.25) is 0 Å². The standard InChI is InChI=1S/C18H21ClO/c1-4-13(2)16-7-5-6-8-18(16)20-17-10-9-15(12-19)11-14(17)3/h5-11,13H,4,12H2,1-3H3. The molecular weight excluding hydrogens is 268 g/mol. The average molecular weight is 289 g/mol. The summed E-state index contributed by atoms with van der Waals surface area (Å²) >= 11 is 5.86.